The van der Waals surface area contributed by atoms with E-state index >= 15 is 0 Å². The fourth-order valence-electron chi connectivity index (χ4n) is 1.75. The van der Waals surface area contributed by atoms with Crippen LogP contribution in [0.4, 0.5) is 0 Å². The van der Waals surface area contributed by atoms with E-state index in [-0.39, 0.29) is 0 Å². The summed E-state index contributed by atoms with van der Waals surface area (Å²) >= 11 is 6.01. The number of rotatable bonds is 7. The van der Waals surface area contributed by atoms with E-state index in [1.54, 1.807) is 0 Å². The van der Waals surface area contributed by atoms with Gasteiger partial charge < -0.3 is 4.74 Å². The smallest absolute Gasteiger partial charge is 0.0466 e. The van der Waals surface area contributed by atoms with E-state index < -0.39 is 0 Å². The summed E-state index contributed by atoms with van der Waals surface area (Å²) in [5, 5.41) is 0. The van der Waals surface area contributed by atoms with Crippen LogP contribution < -0.4 is 0 Å². The van der Waals surface area contributed by atoms with Gasteiger partial charge in [-0.15, -0.1) is 11.6 Å². The average Bonchev–Trinajstić information content (AvgIpc) is 2.31. The highest BCUT2D eigenvalue weighted by Gasteiger charge is 2.09. The van der Waals surface area contributed by atoms with Gasteiger partial charge in [-0.3, -0.25) is 0 Å². The van der Waals surface area contributed by atoms with Crippen LogP contribution in [0.2, 0.25) is 0 Å². The average molecular weight is 241 g/mol. The van der Waals surface area contributed by atoms with Gasteiger partial charge in [0.05, 0.1) is 0 Å². The SMILES string of the molecule is CCOCCCC(CCl)c1ccc(C)cc1. The molecule has 1 rings (SSSR count). The summed E-state index contributed by atoms with van der Waals surface area (Å²) in [7, 11) is 0. The molecule has 0 aromatic heterocycles. The lowest BCUT2D eigenvalue weighted by Gasteiger charge is -2.14. The highest BCUT2D eigenvalue weighted by molar-refractivity contribution is 6.18. The van der Waals surface area contributed by atoms with Gasteiger partial charge in [0.25, 0.3) is 0 Å². The van der Waals surface area contributed by atoms with Crippen molar-refractivity contribution >= 4 is 11.6 Å². The molecule has 0 aliphatic rings. The molecule has 1 atom stereocenters. The van der Waals surface area contributed by atoms with Gasteiger partial charge in [0.2, 0.25) is 0 Å². The number of aryl methyl sites for hydroxylation is 1. The molecule has 16 heavy (non-hydrogen) atoms. The first-order valence-electron chi connectivity index (χ1n) is 5.98. The minimum absolute atomic E-state index is 0.461. The molecule has 0 amide bonds. The van der Waals surface area contributed by atoms with E-state index in [0.717, 1.165) is 26.1 Å². The Hall–Kier alpha value is -0.530. The van der Waals surface area contributed by atoms with Crippen LogP contribution in [0.5, 0.6) is 0 Å². The maximum Gasteiger partial charge on any atom is 0.0466 e. The molecule has 1 nitrogen and oxygen atoms in total. The van der Waals surface area contributed by atoms with Crippen molar-refractivity contribution in [3.8, 4) is 0 Å². The zero-order valence-electron chi connectivity index (χ0n) is 10.2. The van der Waals surface area contributed by atoms with Gasteiger partial charge in [-0.25, -0.2) is 0 Å². The summed E-state index contributed by atoms with van der Waals surface area (Å²) in [6.07, 6.45) is 2.19. The number of hydrogen-bond donors (Lipinski definition) is 0. The normalized spacial score (nSPS) is 12.7. The van der Waals surface area contributed by atoms with Gasteiger partial charge in [-0.2, -0.15) is 0 Å². The lowest BCUT2D eigenvalue weighted by molar-refractivity contribution is 0.142. The molecule has 0 bridgehead atoms. The molecule has 1 unspecified atom stereocenters. The summed E-state index contributed by atoms with van der Waals surface area (Å²) in [6.45, 7) is 5.78. The van der Waals surface area contributed by atoms with Crippen LogP contribution in [-0.4, -0.2) is 19.1 Å². The molecule has 0 saturated carbocycles. The van der Waals surface area contributed by atoms with E-state index in [0.29, 0.717) is 11.8 Å². The third kappa shape index (κ3) is 4.54. The number of hydrogen-bond acceptors (Lipinski definition) is 1. The first kappa shape index (κ1) is 13.5. The van der Waals surface area contributed by atoms with E-state index in [1.165, 1.54) is 11.1 Å². The van der Waals surface area contributed by atoms with Crippen LogP contribution in [0.3, 0.4) is 0 Å². The monoisotopic (exact) mass is 240 g/mol. The Morgan fingerprint density at radius 2 is 1.94 bits per heavy atom. The van der Waals surface area contributed by atoms with Crippen LogP contribution in [-0.2, 0) is 4.74 Å². The molecule has 0 radical (unpaired) electrons. The maximum atomic E-state index is 6.01. The Morgan fingerprint density at radius 1 is 1.25 bits per heavy atom. The Balaban J connectivity index is 2.44. The second-order valence-corrected chi connectivity index (χ2v) is 4.41. The van der Waals surface area contributed by atoms with Crippen molar-refractivity contribution in [2.75, 3.05) is 19.1 Å². The van der Waals surface area contributed by atoms with Gasteiger partial charge in [0.1, 0.15) is 0 Å². The highest BCUT2D eigenvalue weighted by Crippen LogP contribution is 2.23. The number of alkyl halides is 1. The van der Waals surface area contributed by atoms with E-state index in [4.69, 9.17) is 16.3 Å². The van der Waals surface area contributed by atoms with Crippen molar-refractivity contribution in [1.29, 1.82) is 0 Å². The lowest BCUT2D eigenvalue weighted by atomic mass is 9.95. The molecule has 0 spiro atoms. The third-order valence-corrected chi connectivity index (χ3v) is 3.15. The summed E-state index contributed by atoms with van der Waals surface area (Å²) in [6, 6.07) is 8.67. The van der Waals surface area contributed by atoms with Gasteiger partial charge in [0.15, 0.2) is 0 Å². The molecule has 0 heterocycles. The number of benzene rings is 1. The van der Waals surface area contributed by atoms with Crippen molar-refractivity contribution in [2.24, 2.45) is 0 Å². The largest absolute Gasteiger partial charge is 0.382 e. The minimum Gasteiger partial charge on any atom is -0.382 e. The first-order valence-corrected chi connectivity index (χ1v) is 6.51. The zero-order chi connectivity index (χ0) is 11.8. The summed E-state index contributed by atoms with van der Waals surface area (Å²) in [4.78, 5) is 0. The molecule has 90 valence electrons. The van der Waals surface area contributed by atoms with E-state index in [2.05, 4.69) is 31.2 Å². The maximum absolute atomic E-state index is 6.01. The molecule has 0 aliphatic carbocycles. The van der Waals surface area contributed by atoms with Gasteiger partial charge in [0, 0.05) is 19.1 Å². The fourth-order valence-corrected chi connectivity index (χ4v) is 2.08. The standard InChI is InChI=1S/C14H21ClO/c1-3-16-10-4-5-14(11-15)13-8-6-12(2)7-9-13/h6-9,14H,3-5,10-11H2,1-2H3. The Labute approximate surface area is 104 Å². The molecular formula is C14H21ClO. The quantitative estimate of drug-likeness (QED) is 0.514. The van der Waals surface area contributed by atoms with Crippen LogP contribution in [0.1, 0.15) is 36.8 Å². The van der Waals surface area contributed by atoms with Gasteiger partial charge >= 0.3 is 0 Å². The van der Waals surface area contributed by atoms with Crippen LogP contribution in [0.15, 0.2) is 24.3 Å². The molecule has 1 aromatic carbocycles. The predicted octanol–water partition coefficient (Wildman–Crippen LogP) is 4.13. The summed E-state index contributed by atoms with van der Waals surface area (Å²) in [5.74, 6) is 1.15. The van der Waals surface area contributed by atoms with Crippen LogP contribution in [0, 0.1) is 6.92 Å². The van der Waals surface area contributed by atoms with Crippen molar-refractivity contribution in [3.63, 3.8) is 0 Å². The minimum atomic E-state index is 0.461. The second kappa shape index (κ2) is 7.70. The number of halogens is 1. The Bertz CT molecular complexity index is 281. The molecule has 0 fully saturated rings. The first-order chi connectivity index (χ1) is 7.77. The molecule has 0 N–H and O–H groups in total. The summed E-state index contributed by atoms with van der Waals surface area (Å²) in [5.41, 5.74) is 2.64. The van der Waals surface area contributed by atoms with Crippen molar-refractivity contribution in [2.45, 2.75) is 32.6 Å². The third-order valence-electron chi connectivity index (χ3n) is 2.78. The molecular weight excluding hydrogens is 220 g/mol. The molecule has 0 aliphatic heterocycles. The molecule has 1 aromatic rings. The summed E-state index contributed by atoms with van der Waals surface area (Å²) < 4.78 is 5.34. The molecule has 2 heteroatoms. The van der Waals surface area contributed by atoms with Crippen molar-refractivity contribution < 1.29 is 4.74 Å². The van der Waals surface area contributed by atoms with E-state index in [1.807, 2.05) is 6.92 Å². The van der Waals surface area contributed by atoms with Crippen LogP contribution >= 0.6 is 11.6 Å². The fraction of sp³-hybridized carbons (Fsp3) is 0.571. The van der Waals surface area contributed by atoms with Crippen molar-refractivity contribution in [1.82, 2.24) is 0 Å². The van der Waals surface area contributed by atoms with Crippen LogP contribution in [0.25, 0.3) is 0 Å². The Morgan fingerprint density at radius 3 is 2.50 bits per heavy atom. The van der Waals surface area contributed by atoms with E-state index in [9.17, 15) is 0 Å². The predicted molar refractivity (Wildman–Crippen MR) is 70.4 cm³/mol. The number of ether oxygens (including phenoxy) is 1. The molecule has 0 saturated heterocycles. The van der Waals surface area contributed by atoms with Gasteiger partial charge in [-0.1, -0.05) is 29.8 Å². The second-order valence-electron chi connectivity index (χ2n) is 4.10. The highest BCUT2D eigenvalue weighted by atomic mass is 35.5. The Kier molecular flexibility index (Phi) is 6.51. The zero-order valence-corrected chi connectivity index (χ0v) is 11.0. The topological polar surface area (TPSA) is 9.23 Å². The van der Waals surface area contributed by atoms with Gasteiger partial charge in [-0.05, 0) is 38.2 Å². The lowest BCUT2D eigenvalue weighted by Crippen LogP contribution is -2.03. The van der Waals surface area contributed by atoms with Crippen molar-refractivity contribution in [3.05, 3.63) is 35.4 Å².